The van der Waals surface area contributed by atoms with Gasteiger partial charge in [-0.3, -0.25) is 9.59 Å². The first-order valence-corrected chi connectivity index (χ1v) is 10.9. The predicted molar refractivity (Wildman–Crippen MR) is 126 cm³/mol. The van der Waals surface area contributed by atoms with Gasteiger partial charge in [0.05, 0.1) is 28.9 Å². The van der Waals surface area contributed by atoms with Crippen LogP contribution in [-0.4, -0.2) is 36.3 Å². The van der Waals surface area contributed by atoms with E-state index in [1.165, 1.54) is 47.5 Å². The molecule has 0 atom stereocenters. The molecule has 0 saturated heterocycles. The van der Waals surface area contributed by atoms with Crippen molar-refractivity contribution in [3.63, 3.8) is 0 Å². The first kappa shape index (κ1) is 26.7. The number of ether oxygens (including phenoxy) is 2. The minimum atomic E-state index is -4.80. The number of halogens is 4. The molecule has 11 heteroatoms. The minimum Gasteiger partial charge on any atom is -0.465 e. The molecule has 0 radical (unpaired) electrons. The summed E-state index contributed by atoms with van der Waals surface area (Å²) >= 11 is 5.85. The van der Waals surface area contributed by atoms with E-state index < -0.39 is 35.4 Å². The van der Waals surface area contributed by atoms with Crippen molar-refractivity contribution in [3.8, 4) is 11.5 Å². The lowest BCUT2D eigenvalue weighted by Gasteiger charge is -2.28. The molecule has 3 aromatic rings. The molecule has 7 nitrogen and oxygen atoms in total. The average molecular weight is 521 g/mol. The third-order valence-electron chi connectivity index (χ3n) is 4.99. The zero-order valence-electron chi connectivity index (χ0n) is 19.3. The number of hydrogen-bond acceptors (Lipinski definition) is 6. The van der Waals surface area contributed by atoms with E-state index in [2.05, 4.69) is 4.98 Å². The summed E-state index contributed by atoms with van der Waals surface area (Å²) in [6.07, 6.45) is -3.21. The lowest BCUT2D eigenvalue weighted by molar-refractivity contribution is -0.138. The molecule has 1 heterocycles. The highest BCUT2D eigenvalue weighted by molar-refractivity contribution is 6.30. The SMILES string of the molecule is COC(=O)c1cc(Oc2ccc(C=O)cc2C(F)(F)F)ccc1N(C(=O)c1ccc(Cl)cn1)C(C)C. The monoisotopic (exact) mass is 520 g/mol. The zero-order chi connectivity index (χ0) is 26.6. The molecule has 36 heavy (non-hydrogen) atoms. The van der Waals surface area contributed by atoms with E-state index in [9.17, 15) is 27.6 Å². The van der Waals surface area contributed by atoms with Gasteiger partial charge in [-0.15, -0.1) is 0 Å². The maximum atomic E-state index is 13.5. The second-order valence-electron chi connectivity index (χ2n) is 7.77. The summed E-state index contributed by atoms with van der Waals surface area (Å²) in [5, 5.41) is 0.332. The van der Waals surface area contributed by atoms with Crippen LogP contribution in [0.1, 0.15) is 50.6 Å². The van der Waals surface area contributed by atoms with Crippen molar-refractivity contribution < 1.29 is 37.0 Å². The second kappa shape index (κ2) is 10.8. The molecule has 3 rings (SSSR count). The molecule has 0 aliphatic heterocycles. The van der Waals surface area contributed by atoms with Crippen LogP contribution in [0.25, 0.3) is 0 Å². The van der Waals surface area contributed by atoms with Crippen molar-refractivity contribution in [2.75, 3.05) is 12.0 Å². The third kappa shape index (κ3) is 5.83. The highest BCUT2D eigenvalue weighted by Gasteiger charge is 2.35. The number of rotatable bonds is 7. The largest absolute Gasteiger partial charge is 0.465 e. The Bertz CT molecular complexity index is 1290. The number of amides is 1. The van der Waals surface area contributed by atoms with E-state index >= 15 is 0 Å². The molecule has 1 aromatic heterocycles. The molecular weight excluding hydrogens is 501 g/mol. The van der Waals surface area contributed by atoms with Gasteiger partial charge in [-0.2, -0.15) is 13.2 Å². The Morgan fingerprint density at radius 1 is 1.08 bits per heavy atom. The first-order valence-electron chi connectivity index (χ1n) is 10.5. The number of methoxy groups -OCH3 is 1. The van der Waals surface area contributed by atoms with Crippen molar-refractivity contribution in [2.45, 2.75) is 26.1 Å². The van der Waals surface area contributed by atoms with Gasteiger partial charge in [-0.1, -0.05) is 11.6 Å². The van der Waals surface area contributed by atoms with Crippen molar-refractivity contribution in [3.05, 3.63) is 82.1 Å². The molecule has 0 aliphatic carbocycles. The van der Waals surface area contributed by atoms with Crippen LogP contribution in [0.15, 0.2) is 54.7 Å². The van der Waals surface area contributed by atoms with Gasteiger partial charge in [0, 0.05) is 17.8 Å². The average Bonchev–Trinajstić information content (AvgIpc) is 2.84. The van der Waals surface area contributed by atoms with Crippen molar-refractivity contribution in [2.24, 2.45) is 0 Å². The van der Waals surface area contributed by atoms with Gasteiger partial charge in [-0.25, -0.2) is 9.78 Å². The topological polar surface area (TPSA) is 85.8 Å². The second-order valence-corrected chi connectivity index (χ2v) is 8.21. The van der Waals surface area contributed by atoms with E-state index in [0.717, 1.165) is 13.2 Å². The summed E-state index contributed by atoms with van der Waals surface area (Å²) in [4.78, 5) is 42.1. The van der Waals surface area contributed by atoms with E-state index in [4.69, 9.17) is 21.1 Å². The molecule has 0 unspecified atom stereocenters. The fourth-order valence-corrected chi connectivity index (χ4v) is 3.48. The minimum absolute atomic E-state index is 0.0642. The Labute approximate surface area is 209 Å². The molecule has 0 aliphatic rings. The van der Waals surface area contributed by atoms with Crippen LogP contribution in [-0.2, 0) is 10.9 Å². The van der Waals surface area contributed by atoms with Crippen LogP contribution >= 0.6 is 11.6 Å². The predicted octanol–water partition coefficient (Wildman–Crippen LogP) is 6.20. The summed E-state index contributed by atoms with van der Waals surface area (Å²) in [5.41, 5.74) is -1.26. The Balaban J connectivity index is 2.08. The molecule has 188 valence electrons. The van der Waals surface area contributed by atoms with E-state index in [1.54, 1.807) is 13.8 Å². The Kier molecular flexibility index (Phi) is 7.99. The quantitative estimate of drug-likeness (QED) is 0.272. The zero-order valence-corrected chi connectivity index (χ0v) is 20.1. The van der Waals surface area contributed by atoms with Crippen LogP contribution in [0.5, 0.6) is 11.5 Å². The van der Waals surface area contributed by atoms with E-state index in [-0.39, 0.29) is 34.5 Å². The first-order chi connectivity index (χ1) is 17.0. The number of hydrogen-bond donors (Lipinski definition) is 0. The highest BCUT2D eigenvalue weighted by Crippen LogP contribution is 2.39. The number of benzene rings is 2. The van der Waals surface area contributed by atoms with Crippen molar-refractivity contribution in [1.82, 2.24) is 4.98 Å². The summed E-state index contributed by atoms with van der Waals surface area (Å²) in [5.74, 6) is -2.07. The molecule has 0 spiro atoms. The van der Waals surface area contributed by atoms with Crippen LogP contribution in [0, 0.1) is 0 Å². The number of esters is 1. The third-order valence-corrected chi connectivity index (χ3v) is 5.21. The number of aromatic nitrogens is 1. The number of carbonyl (C=O) groups is 3. The highest BCUT2D eigenvalue weighted by atomic mass is 35.5. The number of aldehydes is 1. The van der Waals surface area contributed by atoms with Gasteiger partial charge >= 0.3 is 12.1 Å². The van der Waals surface area contributed by atoms with E-state index in [0.29, 0.717) is 11.1 Å². The molecule has 0 N–H and O–H groups in total. The molecule has 0 fully saturated rings. The maximum absolute atomic E-state index is 13.5. The van der Waals surface area contributed by atoms with Gasteiger partial charge in [0.2, 0.25) is 0 Å². The number of nitrogens with zero attached hydrogens (tertiary/aromatic N) is 2. The van der Waals surface area contributed by atoms with Gasteiger partial charge in [-0.05, 0) is 62.4 Å². The fourth-order valence-electron chi connectivity index (χ4n) is 3.37. The lowest BCUT2D eigenvalue weighted by atomic mass is 10.1. The van der Waals surface area contributed by atoms with Gasteiger partial charge in [0.15, 0.2) is 0 Å². The Hall–Kier alpha value is -3.92. The molecule has 0 bridgehead atoms. The van der Waals surface area contributed by atoms with Crippen LogP contribution in [0.3, 0.4) is 0 Å². The Morgan fingerprint density at radius 2 is 1.81 bits per heavy atom. The number of pyridine rings is 1. The molecule has 2 aromatic carbocycles. The molecular formula is C25H20ClF3N2O5. The summed E-state index contributed by atoms with van der Waals surface area (Å²) in [6, 6.07) is 9.17. The summed E-state index contributed by atoms with van der Waals surface area (Å²) in [6.45, 7) is 3.42. The van der Waals surface area contributed by atoms with Crippen molar-refractivity contribution in [1.29, 1.82) is 0 Å². The number of carbonyl (C=O) groups excluding carboxylic acids is 3. The molecule has 1 amide bonds. The normalized spacial score (nSPS) is 11.2. The number of anilines is 1. The fraction of sp³-hybridized carbons (Fsp3) is 0.200. The lowest BCUT2D eigenvalue weighted by Crippen LogP contribution is -2.38. The Morgan fingerprint density at radius 3 is 2.36 bits per heavy atom. The standard InChI is InChI=1S/C25H20ClF3N2O5/c1-14(2)31(23(33)20-7-5-16(26)12-30-20)21-8-6-17(11-18(21)24(34)35-3)36-22-9-4-15(13-32)10-19(22)25(27,28)29/h4-14H,1-3H3. The van der Waals surface area contributed by atoms with Crippen LogP contribution in [0.4, 0.5) is 18.9 Å². The summed E-state index contributed by atoms with van der Waals surface area (Å²) < 4.78 is 50.9. The van der Waals surface area contributed by atoms with Crippen LogP contribution < -0.4 is 9.64 Å². The van der Waals surface area contributed by atoms with Gasteiger partial charge in [0.25, 0.3) is 5.91 Å². The summed E-state index contributed by atoms with van der Waals surface area (Å²) in [7, 11) is 1.13. The van der Waals surface area contributed by atoms with Gasteiger partial charge in [0.1, 0.15) is 23.5 Å². The number of alkyl halides is 3. The smallest absolute Gasteiger partial charge is 0.420 e. The van der Waals surface area contributed by atoms with Crippen LogP contribution in [0.2, 0.25) is 5.02 Å². The van der Waals surface area contributed by atoms with Gasteiger partial charge < -0.3 is 14.4 Å². The van der Waals surface area contributed by atoms with Crippen molar-refractivity contribution >= 4 is 35.5 Å². The van der Waals surface area contributed by atoms with E-state index in [1.807, 2.05) is 0 Å². The molecule has 0 saturated carbocycles. The maximum Gasteiger partial charge on any atom is 0.420 e.